The normalized spacial score (nSPS) is 12.7. The van der Waals surface area contributed by atoms with Gasteiger partial charge in [0.2, 0.25) is 10.0 Å². The molecule has 6 nitrogen and oxygen atoms in total. The summed E-state index contributed by atoms with van der Waals surface area (Å²) in [6.45, 7) is 6.49. The molecule has 0 heterocycles. The molecule has 0 spiro atoms. The Bertz CT molecular complexity index is 721. The third-order valence-electron chi connectivity index (χ3n) is 3.02. The van der Waals surface area contributed by atoms with Gasteiger partial charge in [-0.15, -0.1) is 0 Å². The molecule has 2 N–H and O–H groups in total. The van der Waals surface area contributed by atoms with Crippen molar-refractivity contribution in [3.05, 3.63) is 23.3 Å². The molecular weight excluding hydrogens is 314 g/mol. The molecule has 0 aliphatic carbocycles. The van der Waals surface area contributed by atoms with E-state index in [1.54, 1.807) is 33.8 Å². The van der Waals surface area contributed by atoms with Crippen LogP contribution in [0.15, 0.2) is 17.0 Å². The Labute approximate surface area is 126 Å². The maximum atomic E-state index is 11.7. The Balaban J connectivity index is 3.05. The summed E-state index contributed by atoms with van der Waals surface area (Å²) in [5.74, 6) is -0.0655. The van der Waals surface area contributed by atoms with Gasteiger partial charge in [-0.05, 0) is 44.9 Å². The average molecular weight is 335 g/mol. The lowest BCUT2D eigenvalue weighted by molar-refractivity contribution is 0.329. The Kier molecular flexibility index (Phi) is 5.40. The molecule has 0 radical (unpaired) electrons. The molecule has 0 aromatic heterocycles. The number of sulfone groups is 1. The summed E-state index contributed by atoms with van der Waals surface area (Å²) in [5.41, 5.74) is 1.33. The highest BCUT2D eigenvalue weighted by atomic mass is 32.2. The van der Waals surface area contributed by atoms with Gasteiger partial charge in [0.1, 0.15) is 17.3 Å². The second-order valence-electron chi connectivity index (χ2n) is 5.22. The fraction of sp³-hybridized carbons (Fsp3) is 0.538. The smallest absolute Gasteiger partial charge is 0.241 e. The van der Waals surface area contributed by atoms with Gasteiger partial charge in [-0.2, -0.15) is 0 Å². The lowest BCUT2D eigenvalue weighted by atomic mass is 10.1. The highest BCUT2D eigenvalue weighted by Gasteiger charge is 2.20. The minimum atomic E-state index is -3.94. The summed E-state index contributed by atoms with van der Waals surface area (Å²) in [4.78, 5) is -0.123. The van der Waals surface area contributed by atoms with Crippen molar-refractivity contribution in [3.63, 3.8) is 0 Å². The number of primary sulfonamides is 1. The zero-order chi connectivity index (χ0) is 16.4. The van der Waals surface area contributed by atoms with Gasteiger partial charge in [0.15, 0.2) is 9.84 Å². The molecule has 0 bridgehead atoms. The molecule has 0 aliphatic heterocycles. The van der Waals surface area contributed by atoms with E-state index < -0.39 is 25.1 Å². The number of ether oxygens (including phenoxy) is 1. The fourth-order valence-electron chi connectivity index (χ4n) is 1.81. The van der Waals surface area contributed by atoms with Gasteiger partial charge in [0, 0.05) is 0 Å². The first-order valence-corrected chi connectivity index (χ1v) is 9.69. The summed E-state index contributed by atoms with van der Waals surface area (Å²) in [6.07, 6.45) is 0. The summed E-state index contributed by atoms with van der Waals surface area (Å²) >= 11 is 0. The minimum Gasteiger partial charge on any atom is -0.491 e. The van der Waals surface area contributed by atoms with Crippen LogP contribution in [0.1, 0.15) is 25.0 Å². The van der Waals surface area contributed by atoms with Crippen molar-refractivity contribution < 1.29 is 21.6 Å². The highest BCUT2D eigenvalue weighted by molar-refractivity contribution is 7.92. The van der Waals surface area contributed by atoms with Crippen LogP contribution >= 0.6 is 0 Å². The summed E-state index contributed by atoms with van der Waals surface area (Å²) < 4.78 is 52.0. The molecule has 0 aliphatic rings. The number of aryl methyl sites for hydroxylation is 2. The number of rotatable bonds is 6. The monoisotopic (exact) mass is 335 g/mol. The molecule has 1 rings (SSSR count). The van der Waals surface area contributed by atoms with Gasteiger partial charge < -0.3 is 4.74 Å². The molecule has 1 aromatic carbocycles. The van der Waals surface area contributed by atoms with Gasteiger partial charge in [-0.1, -0.05) is 6.07 Å². The lowest BCUT2D eigenvalue weighted by Crippen LogP contribution is -2.23. The number of hydrogen-bond acceptors (Lipinski definition) is 5. The molecule has 0 unspecified atom stereocenters. The number of sulfonamides is 1. The summed E-state index contributed by atoms with van der Waals surface area (Å²) in [6, 6.07) is 3.16. The van der Waals surface area contributed by atoms with Crippen LogP contribution in [0.5, 0.6) is 5.75 Å². The molecule has 0 saturated heterocycles. The molecule has 0 saturated carbocycles. The maximum Gasteiger partial charge on any atom is 0.241 e. The Morgan fingerprint density at radius 2 is 1.71 bits per heavy atom. The number of nitrogens with two attached hydrogens (primary N) is 1. The van der Waals surface area contributed by atoms with Crippen LogP contribution in [-0.2, 0) is 19.9 Å². The first-order chi connectivity index (χ1) is 9.45. The number of hydrogen-bond donors (Lipinski definition) is 1. The van der Waals surface area contributed by atoms with E-state index >= 15 is 0 Å². The van der Waals surface area contributed by atoms with E-state index in [9.17, 15) is 16.8 Å². The van der Waals surface area contributed by atoms with Gasteiger partial charge in [0.05, 0.1) is 11.0 Å². The Morgan fingerprint density at radius 3 is 2.19 bits per heavy atom. The SMILES string of the molecule is Cc1cc(C)c(OCCS(=O)(=O)C(C)C)c(S(N)(=O)=O)c1. The van der Waals surface area contributed by atoms with E-state index in [0.717, 1.165) is 5.56 Å². The zero-order valence-corrected chi connectivity index (χ0v) is 14.2. The number of benzene rings is 1. The largest absolute Gasteiger partial charge is 0.491 e. The van der Waals surface area contributed by atoms with E-state index in [1.165, 1.54) is 6.07 Å². The predicted molar refractivity (Wildman–Crippen MR) is 81.7 cm³/mol. The molecular formula is C13H21NO5S2. The van der Waals surface area contributed by atoms with Crippen LogP contribution in [0.4, 0.5) is 0 Å². The molecule has 1 aromatic rings. The third-order valence-corrected chi connectivity index (χ3v) is 6.11. The second-order valence-corrected chi connectivity index (χ2v) is 9.42. The maximum absolute atomic E-state index is 11.7. The quantitative estimate of drug-likeness (QED) is 0.840. The van der Waals surface area contributed by atoms with Crippen LogP contribution in [0, 0.1) is 13.8 Å². The molecule has 21 heavy (non-hydrogen) atoms. The fourth-order valence-corrected chi connectivity index (χ4v) is 3.42. The van der Waals surface area contributed by atoms with Gasteiger partial charge in [0.25, 0.3) is 0 Å². The first-order valence-electron chi connectivity index (χ1n) is 6.43. The van der Waals surface area contributed by atoms with E-state index in [-0.39, 0.29) is 23.0 Å². The van der Waals surface area contributed by atoms with Crippen molar-refractivity contribution in [2.24, 2.45) is 5.14 Å². The standard InChI is InChI=1S/C13H21NO5S2/c1-9(2)20(15,16)6-5-19-13-11(4)7-10(3)8-12(13)21(14,17)18/h7-9H,5-6H2,1-4H3,(H2,14,17,18). The average Bonchev–Trinajstić information content (AvgIpc) is 2.29. The van der Waals surface area contributed by atoms with Crippen LogP contribution in [0.2, 0.25) is 0 Å². The summed E-state index contributed by atoms with van der Waals surface area (Å²) in [5, 5.41) is 4.67. The molecule has 120 valence electrons. The van der Waals surface area contributed by atoms with Crippen LogP contribution in [0.25, 0.3) is 0 Å². The lowest BCUT2D eigenvalue weighted by Gasteiger charge is -2.15. The summed E-state index contributed by atoms with van der Waals surface area (Å²) in [7, 11) is -7.18. The van der Waals surface area contributed by atoms with Gasteiger partial charge in [-0.3, -0.25) is 0 Å². The van der Waals surface area contributed by atoms with Crippen molar-refractivity contribution in [3.8, 4) is 5.75 Å². The van der Waals surface area contributed by atoms with E-state index in [4.69, 9.17) is 9.88 Å². The van der Waals surface area contributed by atoms with Crippen molar-refractivity contribution in [2.75, 3.05) is 12.4 Å². The van der Waals surface area contributed by atoms with Crippen LogP contribution in [-0.4, -0.2) is 34.4 Å². The van der Waals surface area contributed by atoms with Crippen LogP contribution < -0.4 is 9.88 Å². The highest BCUT2D eigenvalue weighted by Crippen LogP contribution is 2.28. The molecule has 0 amide bonds. The zero-order valence-electron chi connectivity index (χ0n) is 12.6. The van der Waals surface area contributed by atoms with E-state index in [0.29, 0.717) is 5.56 Å². The van der Waals surface area contributed by atoms with Crippen molar-refractivity contribution in [1.82, 2.24) is 0 Å². The second kappa shape index (κ2) is 6.33. The van der Waals surface area contributed by atoms with Crippen molar-refractivity contribution in [2.45, 2.75) is 37.8 Å². The van der Waals surface area contributed by atoms with E-state index in [2.05, 4.69) is 0 Å². The Hall–Kier alpha value is -1.12. The first kappa shape index (κ1) is 17.9. The predicted octanol–water partition coefficient (Wildman–Crippen LogP) is 1.15. The van der Waals surface area contributed by atoms with Crippen molar-refractivity contribution in [1.29, 1.82) is 0 Å². The molecule has 0 fully saturated rings. The Morgan fingerprint density at radius 1 is 1.14 bits per heavy atom. The van der Waals surface area contributed by atoms with Gasteiger partial charge in [-0.25, -0.2) is 22.0 Å². The molecule has 0 atom stereocenters. The van der Waals surface area contributed by atoms with Crippen LogP contribution in [0.3, 0.4) is 0 Å². The van der Waals surface area contributed by atoms with Crippen molar-refractivity contribution >= 4 is 19.9 Å². The van der Waals surface area contributed by atoms with Gasteiger partial charge >= 0.3 is 0 Å². The molecule has 8 heteroatoms. The topological polar surface area (TPSA) is 104 Å². The minimum absolute atomic E-state index is 0.113. The third kappa shape index (κ3) is 4.69. The van der Waals surface area contributed by atoms with E-state index in [1.807, 2.05) is 0 Å².